The lowest BCUT2D eigenvalue weighted by molar-refractivity contribution is 0.129. The van der Waals surface area contributed by atoms with E-state index < -0.39 is 0 Å². The van der Waals surface area contributed by atoms with Gasteiger partial charge in [0.05, 0.1) is 6.07 Å². The summed E-state index contributed by atoms with van der Waals surface area (Å²) in [4.78, 5) is 4.85. The molecule has 0 saturated carbocycles. The lowest BCUT2D eigenvalue weighted by Gasteiger charge is -2.34. The number of piperazine rings is 1. The maximum Gasteiger partial charge on any atom is 0.120 e. The summed E-state index contributed by atoms with van der Waals surface area (Å²) in [5, 5.41) is 8.69. The van der Waals surface area contributed by atoms with E-state index in [-0.39, 0.29) is 0 Å². The monoisotopic (exact) mass is 335 g/mol. The van der Waals surface area contributed by atoms with Gasteiger partial charge < -0.3 is 4.74 Å². The van der Waals surface area contributed by atoms with Crippen LogP contribution in [0.1, 0.15) is 17.5 Å². The minimum absolute atomic E-state index is 0.599. The molecular weight excluding hydrogens is 310 g/mol. The maximum atomic E-state index is 8.69. The first-order valence-electron chi connectivity index (χ1n) is 8.91. The molecule has 1 aliphatic rings. The van der Waals surface area contributed by atoms with Gasteiger partial charge in [0.15, 0.2) is 0 Å². The van der Waals surface area contributed by atoms with Crippen LogP contribution in [0.5, 0.6) is 5.75 Å². The second-order valence-corrected chi connectivity index (χ2v) is 6.45. The van der Waals surface area contributed by atoms with E-state index in [0.29, 0.717) is 13.0 Å². The largest absolute Gasteiger partial charge is 0.489 e. The van der Waals surface area contributed by atoms with E-state index in [1.807, 2.05) is 24.3 Å². The predicted octanol–water partition coefficient (Wildman–Crippen LogP) is 3.30. The number of hydrogen-bond acceptors (Lipinski definition) is 4. The lowest BCUT2D eigenvalue weighted by Crippen LogP contribution is -2.46. The number of rotatable bonds is 7. The van der Waals surface area contributed by atoms with Crippen molar-refractivity contribution in [1.29, 1.82) is 5.26 Å². The molecule has 3 rings (SSSR count). The van der Waals surface area contributed by atoms with Gasteiger partial charge in [0, 0.05) is 45.7 Å². The first-order chi connectivity index (χ1) is 12.3. The summed E-state index contributed by atoms with van der Waals surface area (Å²) in [6, 6.07) is 20.9. The van der Waals surface area contributed by atoms with E-state index in [4.69, 9.17) is 10.00 Å². The standard InChI is InChI=1S/C21H25N3O/c22-10-5-11-23-12-14-24(15-13-23)17-20-8-4-9-21(16-20)25-18-19-6-2-1-3-7-19/h1-4,6-9,16H,5,11-15,17-18H2. The Morgan fingerprint density at radius 1 is 0.880 bits per heavy atom. The van der Waals surface area contributed by atoms with E-state index in [1.54, 1.807) is 0 Å². The Bertz CT molecular complexity index is 688. The van der Waals surface area contributed by atoms with Gasteiger partial charge in [0.1, 0.15) is 12.4 Å². The average Bonchev–Trinajstić information content (AvgIpc) is 2.67. The average molecular weight is 335 g/mol. The quantitative estimate of drug-likeness (QED) is 0.778. The van der Waals surface area contributed by atoms with Gasteiger partial charge in [-0.15, -0.1) is 0 Å². The van der Waals surface area contributed by atoms with Crippen LogP contribution < -0.4 is 4.74 Å². The fourth-order valence-electron chi connectivity index (χ4n) is 3.11. The van der Waals surface area contributed by atoms with E-state index in [1.165, 1.54) is 11.1 Å². The van der Waals surface area contributed by atoms with Crippen molar-refractivity contribution in [3.8, 4) is 11.8 Å². The maximum absolute atomic E-state index is 8.69. The van der Waals surface area contributed by atoms with Gasteiger partial charge in [-0.1, -0.05) is 42.5 Å². The molecule has 1 heterocycles. The molecule has 0 spiro atoms. The summed E-state index contributed by atoms with van der Waals surface area (Å²) in [7, 11) is 0. The van der Waals surface area contributed by atoms with Crippen LogP contribution in [0.15, 0.2) is 54.6 Å². The molecule has 4 nitrogen and oxygen atoms in total. The van der Waals surface area contributed by atoms with Crippen LogP contribution in [-0.2, 0) is 13.2 Å². The van der Waals surface area contributed by atoms with Crippen LogP contribution >= 0.6 is 0 Å². The molecule has 0 bridgehead atoms. The SMILES string of the molecule is N#CCCN1CCN(Cc2cccc(OCc3ccccc3)c2)CC1. The third kappa shape index (κ3) is 5.60. The van der Waals surface area contributed by atoms with E-state index in [9.17, 15) is 0 Å². The molecule has 1 saturated heterocycles. The third-order valence-electron chi connectivity index (χ3n) is 4.56. The van der Waals surface area contributed by atoms with Crippen molar-refractivity contribution in [3.63, 3.8) is 0 Å². The molecule has 0 radical (unpaired) electrons. The highest BCUT2D eigenvalue weighted by molar-refractivity contribution is 5.29. The highest BCUT2D eigenvalue weighted by atomic mass is 16.5. The number of nitrogens with zero attached hydrogens (tertiary/aromatic N) is 3. The summed E-state index contributed by atoms with van der Waals surface area (Å²) in [5.74, 6) is 0.925. The van der Waals surface area contributed by atoms with Gasteiger partial charge in [-0.25, -0.2) is 0 Å². The third-order valence-corrected chi connectivity index (χ3v) is 4.56. The van der Waals surface area contributed by atoms with Crippen LogP contribution in [0.4, 0.5) is 0 Å². The zero-order valence-corrected chi connectivity index (χ0v) is 14.6. The molecule has 1 aliphatic heterocycles. The minimum Gasteiger partial charge on any atom is -0.489 e. The molecule has 2 aromatic rings. The lowest BCUT2D eigenvalue weighted by atomic mass is 10.2. The van der Waals surface area contributed by atoms with Gasteiger partial charge in [-0.05, 0) is 23.3 Å². The second kappa shape index (κ2) is 9.22. The van der Waals surface area contributed by atoms with Gasteiger partial charge in [0.2, 0.25) is 0 Å². The van der Waals surface area contributed by atoms with Gasteiger partial charge in [-0.2, -0.15) is 5.26 Å². The first-order valence-corrected chi connectivity index (χ1v) is 8.91. The predicted molar refractivity (Wildman–Crippen MR) is 99.2 cm³/mol. The van der Waals surface area contributed by atoms with E-state index in [0.717, 1.165) is 45.0 Å². The number of ether oxygens (including phenoxy) is 1. The Balaban J connectivity index is 1.48. The van der Waals surface area contributed by atoms with Crippen molar-refractivity contribution in [1.82, 2.24) is 9.80 Å². The molecule has 2 aromatic carbocycles. The molecule has 0 amide bonds. The smallest absolute Gasteiger partial charge is 0.120 e. The molecule has 0 N–H and O–H groups in total. The highest BCUT2D eigenvalue weighted by Gasteiger charge is 2.16. The summed E-state index contributed by atoms with van der Waals surface area (Å²) in [6.45, 7) is 6.66. The van der Waals surface area contributed by atoms with Gasteiger partial charge in [-0.3, -0.25) is 9.80 Å². The molecule has 130 valence electrons. The highest BCUT2D eigenvalue weighted by Crippen LogP contribution is 2.17. The van der Waals surface area contributed by atoms with E-state index >= 15 is 0 Å². The van der Waals surface area contributed by atoms with Crippen LogP contribution in [0.2, 0.25) is 0 Å². The van der Waals surface area contributed by atoms with Crippen molar-refractivity contribution < 1.29 is 4.74 Å². The Hall–Kier alpha value is -2.35. The van der Waals surface area contributed by atoms with Crippen molar-refractivity contribution in [2.45, 2.75) is 19.6 Å². The minimum atomic E-state index is 0.599. The fraction of sp³-hybridized carbons (Fsp3) is 0.381. The van der Waals surface area contributed by atoms with Gasteiger partial charge >= 0.3 is 0 Å². The van der Waals surface area contributed by atoms with Crippen LogP contribution in [0.25, 0.3) is 0 Å². The van der Waals surface area contributed by atoms with Crippen molar-refractivity contribution in [3.05, 3.63) is 65.7 Å². The molecule has 0 aliphatic carbocycles. The fourth-order valence-corrected chi connectivity index (χ4v) is 3.11. The zero-order chi connectivity index (χ0) is 17.3. The van der Waals surface area contributed by atoms with Crippen molar-refractivity contribution >= 4 is 0 Å². The molecule has 0 atom stereocenters. The Morgan fingerprint density at radius 2 is 1.60 bits per heavy atom. The summed E-state index contributed by atoms with van der Waals surface area (Å²) >= 11 is 0. The Morgan fingerprint density at radius 3 is 2.36 bits per heavy atom. The molecular formula is C21H25N3O. The zero-order valence-electron chi connectivity index (χ0n) is 14.6. The first kappa shape index (κ1) is 17.5. The molecule has 25 heavy (non-hydrogen) atoms. The summed E-state index contributed by atoms with van der Waals surface area (Å²) in [6.07, 6.45) is 0.626. The topological polar surface area (TPSA) is 39.5 Å². The summed E-state index contributed by atoms with van der Waals surface area (Å²) in [5.41, 5.74) is 2.47. The molecule has 4 heteroatoms. The molecule has 1 fully saturated rings. The van der Waals surface area contributed by atoms with Crippen LogP contribution in [-0.4, -0.2) is 42.5 Å². The van der Waals surface area contributed by atoms with E-state index in [2.05, 4.69) is 46.2 Å². The summed E-state index contributed by atoms with van der Waals surface area (Å²) < 4.78 is 5.93. The molecule has 0 unspecified atom stereocenters. The van der Waals surface area contributed by atoms with Crippen LogP contribution in [0.3, 0.4) is 0 Å². The number of benzene rings is 2. The Kier molecular flexibility index (Phi) is 6.44. The van der Waals surface area contributed by atoms with Gasteiger partial charge in [0.25, 0.3) is 0 Å². The number of hydrogen-bond donors (Lipinski definition) is 0. The van der Waals surface area contributed by atoms with Crippen molar-refractivity contribution in [2.75, 3.05) is 32.7 Å². The molecule has 0 aromatic heterocycles. The van der Waals surface area contributed by atoms with Crippen LogP contribution in [0, 0.1) is 11.3 Å². The second-order valence-electron chi connectivity index (χ2n) is 6.45. The normalized spacial score (nSPS) is 15.6. The Labute approximate surface area is 150 Å². The number of nitriles is 1. The van der Waals surface area contributed by atoms with Crippen molar-refractivity contribution in [2.24, 2.45) is 0 Å².